The van der Waals surface area contributed by atoms with Gasteiger partial charge in [-0.3, -0.25) is 24.6 Å². The first kappa shape index (κ1) is 19.0. The summed E-state index contributed by atoms with van der Waals surface area (Å²) >= 11 is 7.33. The maximum Gasteiger partial charge on any atom is 0.257 e. The number of amides is 3. The second-order valence-corrected chi connectivity index (χ2v) is 8.77. The van der Waals surface area contributed by atoms with Crippen molar-refractivity contribution in [3.8, 4) is 0 Å². The molecule has 3 aromatic rings. The number of allylic oxidation sites excluding steroid dienone is 2. The van der Waals surface area contributed by atoms with Crippen molar-refractivity contribution in [2.75, 3.05) is 10.2 Å². The fourth-order valence-electron chi connectivity index (χ4n) is 3.94. The van der Waals surface area contributed by atoms with Crippen LogP contribution in [0.4, 0.5) is 10.8 Å². The molecule has 3 amide bonds. The number of imide groups is 1. The van der Waals surface area contributed by atoms with Gasteiger partial charge in [-0.1, -0.05) is 35.1 Å². The number of fused-ring (bicyclic) bond motifs is 2. The maximum absolute atomic E-state index is 12.7. The minimum Gasteiger partial charge on any atom is -0.298 e. The van der Waals surface area contributed by atoms with Gasteiger partial charge in [0.25, 0.3) is 5.91 Å². The highest BCUT2D eigenvalue weighted by atomic mass is 35.5. The van der Waals surface area contributed by atoms with Crippen LogP contribution in [0.15, 0.2) is 54.6 Å². The summed E-state index contributed by atoms with van der Waals surface area (Å²) in [4.78, 5) is 43.6. The lowest BCUT2D eigenvalue weighted by Gasteiger charge is -2.15. The Morgan fingerprint density at radius 2 is 1.70 bits per heavy atom. The van der Waals surface area contributed by atoms with Crippen LogP contribution in [-0.2, 0) is 9.59 Å². The van der Waals surface area contributed by atoms with Gasteiger partial charge >= 0.3 is 0 Å². The molecule has 2 unspecified atom stereocenters. The molecule has 1 aliphatic carbocycles. The molecule has 0 saturated carbocycles. The Kier molecular flexibility index (Phi) is 4.64. The third kappa shape index (κ3) is 3.20. The van der Waals surface area contributed by atoms with Crippen molar-refractivity contribution < 1.29 is 14.4 Å². The average Bonchev–Trinajstić information content (AvgIpc) is 3.26. The minimum absolute atomic E-state index is 0.167. The van der Waals surface area contributed by atoms with Gasteiger partial charge < -0.3 is 0 Å². The third-order valence-corrected chi connectivity index (χ3v) is 6.63. The summed E-state index contributed by atoms with van der Waals surface area (Å²) in [6, 6.07) is 11.8. The third-order valence-electron chi connectivity index (χ3n) is 5.47. The van der Waals surface area contributed by atoms with Gasteiger partial charge in [0.2, 0.25) is 11.8 Å². The van der Waals surface area contributed by atoms with Gasteiger partial charge in [0.05, 0.1) is 27.7 Å². The van der Waals surface area contributed by atoms with E-state index < -0.39 is 0 Å². The molecule has 0 radical (unpaired) electrons. The first-order valence-electron chi connectivity index (χ1n) is 9.51. The van der Waals surface area contributed by atoms with Crippen LogP contribution in [0.2, 0.25) is 5.02 Å². The van der Waals surface area contributed by atoms with Crippen molar-refractivity contribution in [3.63, 3.8) is 0 Å². The SMILES string of the molecule is O=C(Nc1nc2ccc(Cl)cc2s1)c1ccc(N2C(=O)C3CC=CCC3C2=O)cc1. The van der Waals surface area contributed by atoms with Gasteiger partial charge in [-0.05, 0) is 55.3 Å². The van der Waals surface area contributed by atoms with Gasteiger partial charge in [-0.15, -0.1) is 0 Å². The predicted octanol–water partition coefficient (Wildman–Crippen LogP) is 4.66. The maximum atomic E-state index is 12.7. The van der Waals surface area contributed by atoms with Gasteiger partial charge in [-0.25, -0.2) is 4.98 Å². The summed E-state index contributed by atoms with van der Waals surface area (Å²) in [5.41, 5.74) is 1.66. The molecular formula is C22H16ClN3O3S. The number of rotatable bonds is 3. The molecule has 2 heterocycles. The Bertz CT molecular complexity index is 1190. The molecule has 1 aromatic heterocycles. The van der Waals surface area contributed by atoms with E-state index in [2.05, 4.69) is 10.3 Å². The Balaban J connectivity index is 1.33. The van der Waals surface area contributed by atoms with E-state index in [0.29, 0.717) is 34.2 Å². The number of nitrogens with zero attached hydrogens (tertiary/aromatic N) is 2. The Hall–Kier alpha value is -3.03. The number of hydrogen-bond donors (Lipinski definition) is 1. The second-order valence-electron chi connectivity index (χ2n) is 7.30. The lowest BCUT2D eigenvalue weighted by atomic mass is 9.85. The highest BCUT2D eigenvalue weighted by molar-refractivity contribution is 7.22. The molecule has 1 fully saturated rings. The van der Waals surface area contributed by atoms with Crippen molar-refractivity contribution >= 4 is 61.7 Å². The molecule has 1 saturated heterocycles. The summed E-state index contributed by atoms with van der Waals surface area (Å²) in [6.45, 7) is 0. The number of aromatic nitrogens is 1. The smallest absolute Gasteiger partial charge is 0.257 e. The zero-order chi connectivity index (χ0) is 20.8. The zero-order valence-corrected chi connectivity index (χ0v) is 17.2. The minimum atomic E-state index is -0.316. The van der Waals surface area contributed by atoms with E-state index in [0.717, 1.165) is 10.2 Å². The molecule has 1 aliphatic heterocycles. The molecule has 0 bridgehead atoms. The quantitative estimate of drug-likeness (QED) is 0.477. The van der Waals surface area contributed by atoms with Crippen LogP contribution in [0.1, 0.15) is 23.2 Å². The fraction of sp³-hybridized carbons (Fsp3) is 0.182. The van der Waals surface area contributed by atoms with Crippen LogP contribution in [-0.4, -0.2) is 22.7 Å². The van der Waals surface area contributed by atoms with Gasteiger partial charge in [-0.2, -0.15) is 0 Å². The lowest BCUT2D eigenvalue weighted by molar-refractivity contribution is -0.122. The second kappa shape index (κ2) is 7.34. The molecule has 2 aliphatic rings. The molecule has 5 rings (SSSR count). The molecule has 2 atom stereocenters. The summed E-state index contributed by atoms with van der Waals surface area (Å²) in [5.74, 6) is -1.21. The molecule has 150 valence electrons. The van der Waals surface area contributed by atoms with Crippen molar-refractivity contribution in [1.29, 1.82) is 0 Å². The summed E-state index contributed by atoms with van der Waals surface area (Å²) in [5, 5.41) is 3.87. The number of hydrogen-bond acceptors (Lipinski definition) is 5. The van der Waals surface area contributed by atoms with Crippen LogP contribution in [0.5, 0.6) is 0 Å². The summed E-state index contributed by atoms with van der Waals surface area (Å²) < 4.78 is 0.884. The van der Waals surface area contributed by atoms with Crippen LogP contribution in [0, 0.1) is 11.8 Å². The first-order valence-corrected chi connectivity index (χ1v) is 10.7. The highest BCUT2D eigenvalue weighted by Crippen LogP contribution is 2.37. The molecule has 8 heteroatoms. The average molecular weight is 438 g/mol. The number of benzene rings is 2. The summed E-state index contributed by atoms with van der Waals surface area (Å²) in [6.07, 6.45) is 5.11. The summed E-state index contributed by atoms with van der Waals surface area (Å²) in [7, 11) is 0. The van der Waals surface area contributed by atoms with E-state index in [-0.39, 0.29) is 29.6 Å². The Morgan fingerprint density at radius 3 is 2.37 bits per heavy atom. The number of nitrogens with one attached hydrogen (secondary N) is 1. The largest absolute Gasteiger partial charge is 0.298 e. The molecule has 30 heavy (non-hydrogen) atoms. The topological polar surface area (TPSA) is 79.4 Å². The molecular weight excluding hydrogens is 422 g/mol. The molecule has 1 N–H and O–H groups in total. The number of carbonyl (C=O) groups excluding carboxylic acids is 3. The van der Waals surface area contributed by atoms with Crippen LogP contribution < -0.4 is 10.2 Å². The van der Waals surface area contributed by atoms with E-state index in [1.807, 2.05) is 12.2 Å². The number of carbonyl (C=O) groups is 3. The van der Waals surface area contributed by atoms with Crippen LogP contribution in [0.3, 0.4) is 0 Å². The van der Waals surface area contributed by atoms with E-state index in [1.165, 1.54) is 16.2 Å². The van der Waals surface area contributed by atoms with Crippen molar-refractivity contribution in [1.82, 2.24) is 4.98 Å². The Morgan fingerprint density at radius 1 is 1.03 bits per heavy atom. The zero-order valence-electron chi connectivity index (χ0n) is 15.7. The van der Waals surface area contributed by atoms with Crippen molar-refractivity contribution in [2.45, 2.75) is 12.8 Å². The van der Waals surface area contributed by atoms with Gasteiger partial charge in [0, 0.05) is 10.6 Å². The highest BCUT2D eigenvalue weighted by Gasteiger charge is 2.47. The Labute approximate surface area is 181 Å². The van der Waals surface area contributed by atoms with Gasteiger partial charge in [0.1, 0.15) is 0 Å². The molecule has 6 nitrogen and oxygen atoms in total. The van der Waals surface area contributed by atoms with Crippen molar-refractivity contribution in [2.24, 2.45) is 11.8 Å². The number of anilines is 2. The van der Waals surface area contributed by atoms with Crippen molar-refractivity contribution in [3.05, 3.63) is 65.2 Å². The normalized spacial score (nSPS) is 20.6. The standard InChI is InChI=1S/C22H16ClN3O3S/c23-13-7-10-17-18(11-13)30-22(24-17)25-19(27)12-5-8-14(9-6-12)26-20(28)15-3-1-2-4-16(15)21(26)29/h1-2,5-11,15-16H,3-4H2,(H,24,25,27). The predicted molar refractivity (Wildman–Crippen MR) is 117 cm³/mol. The van der Waals surface area contributed by atoms with Crippen LogP contribution in [0.25, 0.3) is 10.2 Å². The van der Waals surface area contributed by atoms with Gasteiger partial charge in [0.15, 0.2) is 5.13 Å². The van der Waals surface area contributed by atoms with Crippen LogP contribution >= 0.6 is 22.9 Å². The van der Waals surface area contributed by atoms with E-state index in [9.17, 15) is 14.4 Å². The lowest BCUT2D eigenvalue weighted by Crippen LogP contribution is -2.30. The number of thiazole rings is 1. The fourth-order valence-corrected chi connectivity index (χ4v) is 5.07. The molecule has 0 spiro atoms. The molecule has 2 aromatic carbocycles. The number of halogens is 1. The monoisotopic (exact) mass is 437 g/mol. The first-order chi connectivity index (χ1) is 14.5. The van der Waals surface area contributed by atoms with E-state index in [1.54, 1.807) is 42.5 Å². The van der Waals surface area contributed by atoms with E-state index in [4.69, 9.17) is 11.6 Å². The van der Waals surface area contributed by atoms with E-state index >= 15 is 0 Å².